The Morgan fingerprint density at radius 2 is 1.91 bits per heavy atom. The maximum atomic E-state index is 2.56. The first-order chi connectivity index (χ1) is 11.1. The summed E-state index contributed by atoms with van der Waals surface area (Å²) in [6, 6.07) is 9.10. The first kappa shape index (κ1) is 14.6. The highest BCUT2D eigenvalue weighted by molar-refractivity contribution is 5.86. The minimum atomic E-state index is 1.04. The van der Waals surface area contributed by atoms with Gasteiger partial charge in [0.25, 0.3) is 0 Å². The van der Waals surface area contributed by atoms with E-state index in [4.69, 9.17) is 0 Å². The van der Waals surface area contributed by atoms with E-state index in [1.54, 1.807) is 11.3 Å². The van der Waals surface area contributed by atoms with E-state index in [0.29, 0.717) is 0 Å². The molecule has 120 valence electrons. The molecule has 0 bridgehead atoms. The van der Waals surface area contributed by atoms with E-state index in [2.05, 4.69) is 71.6 Å². The fourth-order valence-electron chi connectivity index (χ4n) is 3.87. The van der Waals surface area contributed by atoms with Crippen molar-refractivity contribution in [3.05, 3.63) is 59.0 Å². The van der Waals surface area contributed by atoms with Gasteiger partial charge in [0, 0.05) is 61.6 Å². The van der Waals surface area contributed by atoms with Crippen molar-refractivity contribution in [1.82, 2.24) is 14.0 Å². The van der Waals surface area contributed by atoms with Gasteiger partial charge in [0.05, 0.1) is 0 Å². The van der Waals surface area contributed by atoms with Crippen LogP contribution >= 0.6 is 0 Å². The lowest BCUT2D eigenvalue weighted by molar-refractivity contribution is 0.308. The van der Waals surface area contributed by atoms with Crippen molar-refractivity contribution in [2.45, 2.75) is 39.9 Å². The number of aryl methyl sites for hydroxylation is 4. The van der Waals surface area contributed by atoms with Crippen LogP contribution in [0.15, 0.2) is 36.7 Å². The topological polar surface area (TPSA) is 13.1 Å². The lowest BCUT2D eigenvalue weighted by Gasteiger charge is -2.24. The Balaban J connectivity index is 1.76. The van der Waals surface area contributed by atoms with Crippen LogP contribution in [-0.4, -0.2) is 27.6 Å². The third-order valence-electron chi connectivity index (χ3n) is 5.08. The molecule has 0 saturated heterocycles. The molecule has 0 radical (unpaired) electrons. The fraction of sp³-hybridized carbons (Fsp3) is 0.400. The second-order valence-electron chi connectivity index (χ2n) is 7.01. The van der Waals surface area contributed by atoms with Crippen molar-refractivity contribution in [3.8, 4) is 0 Å². The molecule has 0 aliphatic carbocycles. The molecule has 2 aromatic heterocycles. The van der Waals surface area contributed by atoms with Crippen LogP contribution in [0.5, 0.6) is 0 Å². The third kappa shape index (κ3) is 2.59. The summed E-state index contributed by atoms with van der Waals surface area (Å²) in [6.45, 7) is 8.66. The molecule has 0 saturated carbocycles. The van der Waals surface area contributed by atoms with E-state index in [-0.39, 0.29) is 0 Å². The Morgan fingerprint density at radius 3 is 2.70 bits per heavy atom. The average molecular weight is 307 g/mol. The van der Waals surface area contributed by atoms with Gasteiger partial charge >= 0.3 is 0 Å². The SMILES string of the molecule is Cc1ccc2c(c1)c1c(n2CCn2ccc(C)c2)CCN(C)C1. The van der Waals surface area contributed by atoms with E-state index in [1.807, 2.05) is 0 Å². The van der Waals surface area contributed by atoms with Crippen LogP contribution < -0.4 is 0 Å². The van der Waals surface area contributed by atoms with E-state index < -0.39 is 0 Å². The van der Waals surface area contributed by atoms with Gasteiger partial charge in [-0.15, -0.1) is 0 Å². The van der Waals surface area contributed by atoms with Crippen LogP contribution in [0, 0.1) is 13.8 Å². The molecule has 3 nitrogen and oxygen atoms in total. The zero-order chi connectivity index (χ0) is 16.0. The van der Waals surface area contributed by atoms with E-state index in [0.717, 1.165) is 32.6 Å². The molecule has 3 heterocycles. The molecule has 1 aliphatic rings. The molecule has 4 rings (SSSR count). The molecule has 0 atom stereocenters. The summed E-state index contributed by atoms with van der Waals surface area (Å²) >= 11 is 0. The van der Waals surface area contributed by atoms with Crippen LogP contribution in [0.25, 0.3) is 10.9 Å². The van der Waals surface area contributed by atoms with Gasteiger partial charge in [-0.05, 0) is 50.2 Å². The lowest BCUT2D eigenvalue weighted by atomic mass is 10.0. The van der Waals surface area contributed by atoms with Gasteiger partial charge in [0.15, 0.2) is 0 Å². The van der Waals surface area contributed by atoms with Crippen LogP contribution in [0.1, 0.15) is 22.4 Å². The number of hydrogen-bond donors (Lipinski definition) is 0. The van der Waals surface area contributed by atoms with Gasteiger partial charge < -0.3 is 14.0 Å². The smallest absolute Gasteiger partial charge is 0.0486 e. The molecular weight excluding hydrogens is 282 g/mol. The minimum absolute atomic E-state index is 1.04. The predicted octanol–water partition coefficient (Wildman–Crippen LogP) is 3.75. The van der Waals surface area contributed by atoms with Crippen LogP contribution in [0.3, 0.4) is 0 Å². The fourth-order valence-corrected chi connectivity index (χ4v) is 3.87. The molecule has 3 aromatic rings. The summed E-state index contributed by atoms with van der Waals surface area (Å²) in [4.78, 5) is 2.43. The van der Waals surface area contributed by atoms with E-state index >= 15 is 0 Å². The number of aromatic nitrogens is 2. The predicted molar refractivity (Wildman–Crippen MR) is 95.9 cm³/mol. The Bertz CT molecular complexity index is 853. The summed E-state index contributed by atoms with van der Waals surface area (Å²) in [7, 11) is 2.23. The maximum absolute atomic E-state index is 2.56. The normalized spacial score (nSPS) is 15.3. The summed E-state index contributed by atoms with van der Waals surface area (Å²) in [6.07, 6.45) is 5.58. The van der Waals surface area contributed by atoms with E-state index in [9.17, 15) is 0 Å². The number of rotatable bonds is 3. The molecule has 0 N–H and O–H groups in total. The highest BCUT2D eigenvalue weighted by Gasteiger charge is 2.22. The van der Waals surface area contributed by atoms with Crippen LogP contribution in [0.4, 0.5) is 0 Å². The van der Waals surface area contributed by atoms with Crippen molar-refractivity contribution >= 4 is 10.9 Å². The zero-order valence-corrected chi connectivity index (χ0v) is 14.3. The molecule has 0 unspecified atom stereocenters. The Morgan fingerprint density at radius 1 is 1.04 bits per heavy atom. The van der Waals surface area contributed by atoms with E-state index in [1.165, 1.54) is 22.0 Å². The van der Waals surface area contributed by atoms with Gasteiger partial charge in [-0.25, -0.2) is 0 Å². The Labute approximate surface area is 138 Å². The quantitative estimate of drug-likeness (QED) is 0.718. The number of benzene rings is 1. The van der Waals surface area contributed by atoms with Crippen LogP contribution in [0.2, 0.25) is 0 Å². The molecule has 0 fully saturated rings. The molecule has 1 aliphatic heterocycles. The monoisotopic (exact) mass is 307 g/mol. The Hall–Kier alpha value is -2.00. The van der Waals surface area contributed by atoms with Crippen molar-refractivity contribution < 1.29 is 0 Å². The van der Waals surface area contributed by atoms with Crippen molar-refractivity contribution in [1.29, 1.82) is 0 Å². The highest BCUT2D eigenvalue weighted by atomic mass is 15.1. The summed E-state index contributed by atoms with van der Waals surface area (Å²) in [5.74, 6) is 0. The summed E-state index contributed by atoms with van der Waals surface area (Å²) in [5.41, 5.74) is 7.18. The number of likely N-dealkylation sites (N-methyl/N-ethyl adjacent to an activating group) is 1. The number of fused-ring (bicyclic) bond motifs is 3. The standard InChI is InChI=1S/C20H25N3/c1-15-4-5-19-17(12-15)18-14-21(3)8-7-20(18)23(19)11-10-22-9-6-16(2)13-22/h4-6,9,12-13H,7-8,10-11,14H2,1-3H3. The maximum Gasteiger partial charge on any atom is 0.0486 e. The lowest BCUT2D eigenvalue weighted by Crippen LogP contribution is -2.27. The van der Waals surface area contributed by atoms with Gasteiger partial charge in [0.2, 0.25) is 0 Å². The van der Waals surface area contributed by atoms with Crippen LogP contribution in [-0.2, 0) is 26.1 Å². The van der Waals surface area contributed by atoms with Crippen molar-refractivity contribution in [3.63, 3.8) is 0 Å². The van der Waals surface area contributed by atoms with Crippen molar-refractivity contribution in [2.24, 2.45) is 0 Å². The second kappa shape index (κ2) is 5.57. The molecule has 0 spiro atoms. The first-order valence-corrected chi connectivity index (χ1v) is 8.53. The molecule has 1 aromatic carbocycles. The molecule has 23 heavy (non-hydrogen) atoms. The number of hydrogen-bond acceptors (Lipinski definition) is 1. The summed E-state index contributed by atoms with van der Waals surface area (Å²) < 4.78 is 4.86. The van der Waals surface area contributed by atoms with Gasteiger partial charge in [-0.3, -0.25) is 0 Å². The second-order valence-corrected chi connectivity index (χ2v) is 7.01. The molecule has 3 heteroatoms. The zero-order valence-electron chi connectivity index (χ0n) is 14.3. The van der Waals surface area contributed by atoms with Gasteiger partial charge in [-0.2, -0.15) is 0 Å². The first-order valence-electron chi connectivity index (χ1n) is 8.53. The van der Waals surface area contributed by atoms with Gasteiger partial charge in [0.1, 0.15) is 0 Å². The van der Waals surface area contributed by atoms with Gasteiger partial charge in [-0.1, -0.05) is 11.6 Å². The molecule has 0 amide bonds. The third-order valence-corrected chi connectivity index (χ3v) is 5.08. The Kier molecular flexibility index (Phi) is 3.53. The minimum Gasteiger partial charge on any atom is -0.352 e. The average Bonchev–Trinajstić information content (AvgIpc) is 3.06. The van der Waals surface area contributed by atoms with Crippen molar-refractivity contribution in [2.75, 3.05) is 13.6 Å². The highest BCUT2D eigenvalue weighted by Crippen LogP contribution is 2.31. The summed E-state index contributed by atoms with van der Waals surface area (Å²) in [5, 5.41) is 1.45. The molecular formula is C20H25N3. The largest absolute Gasteiger partial charge is 0.352 e. The number of nitrogens with zero attached hydrogens (tertiary/aromatic N) is 3.